The van der Waals surface area contributed by atoms with Crippen LogP contribution in [0.4, 0.5) is 8.78 Å². The van der Waals surface area contributed by atoms with Gasteiger partial charge in [-0.2, -0.15) is 0 Å². The maximum atomic E-state index is 13.2. The summed E-state index contributed by atoms with van der Waals surface area (Å²) in [6.45, 7) is 3.47. The topological polar surface area (TPSA) is 29.9 Å². The molecule has 1 aromatic rings. The van der Waals surface area contributed by atoms with Crippen LogP contribution < -0.4 is 5.32 Å². The van der Waals surface area contributed by atoms with E-state index in [0.29, 0.717) is 12.4 Å². The van der Waals surface area contributed by atoms with Gasteiger partial charge in [-0.3, -0.25) is 0 Å². The van der Waals surface area contributed by atoms with Crippen LogP contribution in [0.5, 0.6) is 0 Å². The van der Waals surface area contributed by atoms with E-state index in [1.54, 1.807) is 20.0 Å². The highest BCUT2D eigenvalue weighted by atomic mass is 19.3. The Morgan fingerprint density at radius 3 is 2.79 bits per heavy atom. The number of imidazole rings is 1. The van der Waals surface area contributed by atoms with Gasteiger partial charge in [-0.1, -0.05) is 6.92 Å². The highest BCUT2D eigenvalue weighted by Crippen LogP contribution is 2.15. The molecular weight excluding hydrogens is 188 g/mol. The smallest absolute Gasteiger partial charge is 0.277 e. The predicted molar refractivity (Wildman–Crippen MR) is 50.5 cm³/mol. The highest BCUT2D eigenvalue weighted by Gasteiger charge is 2.28. The van der Waals surface area contributed by atoms with E-state index < -0.39 is 5.92 Å². The molecule has 0 spiro atoms. The van der Waals surface area contributed by atoms with Crippen LogP contribution in [0.2, 0.25) is 0 Å². The van der Waals surface area contributed by atoms with Crippen LogP contribution in [0.15, 0.2) is 12.4 Å². The number of hydrogen-bond donors (Lipinski definition) is 1. The molecule has 0 radical (unpaired) electrons. The lowest BCUT2D eigenvalue weighted by Gasteiger charge is -2.17. The zero-order valence-electron chi connectivity index (χ0n) is 8.43. The van der Waals surface area contributed by atoms with Crippen molar-refractivity contribution in [1.29, 1.82) is 0 Å². The zero-order chi connectivity index (χ0) is 10.6. The van der Waals surface area contributed by atoms with E-state index >= 15 is 0 Å². The van der Waals surface area contributed by atoms with E-state index in [0.717, 1.165) is 0 Å². The lowest BCUT2D eigenvalue weighted by Crippen LogP contribution is -2.36. The van der Waals surface area contributed by atoms with Crippen molar-refractivity contribution in [3.8, 4) is 0 Å². The first-order valence-electron chi connectivity index (χ1n) is 4.61. The number of hydrogen-bond acceptors (Lipinski definition) is 2. The summed E-state index contributed by atoms with van der Waals surface area (Å²) in [5, 5.41) is 2.64. The number of rotatable bonds is 5. The molecule has 1 heterocycles. The van der Waals surface area contributed by atoms with E-state index in [2.05, 4.69) is 10.3 Å². The molecule has 1 N–H and O–H groups in total. The van der Waals surface area contributed by atoms with E-state index in [9.17, 15) is 8.78 Å². The summed E-state index contributed by atoms with van der Waals surface area (Å²) in [6.07, 6.45) is 3.09. The first kappa shape index (κ1) is 11.1. The summed E-state index contributed by atoms with van der Waals surface area (Å²) >= 11 is 0. The Morgan fingerprint density at radius 2 is 2.29 bits per heavy atom. The van der Waals surface area contributed by atoms with Crippen molar-refractivity contribution >= 4 is 0 Å². The molecule has 0 aliphatic rings. The zero-order valence-corrected chi connectivity index (χ0v) is 8.43. The number of nitrogens with zero attached hydrogens (tertiary/aromatic N) is 2. The minimum absolute atomic E-state index is 0.291. The first-order valence-corrected chi connectivity index (χ1v) is 4.61. The van der Waals surface area contributed by atoms with Gasteiger partial charge in [-0.05, 0) is 13.5 Å². The fourth-order valence-corrected chi connectivity index (χ4v) is 1.18. The van der Waals surface area contributed by atoms with E-state index in [-0.39, 0.29) is 13.1 Å². The van der Waals surface area contributed by atoms with Gasteiger partial charge in [0.2, 0.25) is 0 Å². The number of aromatic nitrogens is 2. The van der Waals surface area contributed by atoms with Crippen molar-refractivity contribution in [1.82, 2.24) is 14.9 Å². The van der Waals surface area contributed by atoms with Crippen LogP contribution in [0.25, 0.3) is 0 Å². The Hall–Kier alpha value is -0.970. The molecule has 0 aliphatic carbocycles. The second-order valence-electron chi connectivity index (χ2n) is 3.24. The van der Waals surface area contributed by atoms with Gasteiger partial charge in [0.1, 0.15) is 5.82 Å². The molecule has 5 heteroatoms. The number of nitrogens with one attached hydrogen (secondary N) is 1. The van der Waals surface area contributed by atoms with Crippen LogP contribution in [0.1, 0.15) is 12.7 Å². The third kappa shape index (κ3) is 3.06. The third-order valence-electron chi connectivity index (χ3n) is 1.96. The average Bonchev–Trinajstić information content (AvgIpc) is 2.48. The van der Waals surface area contributed by atoms with Crippen molar-refractivity contribution in [3.63, 3.8) is 0 Å². The van der Waals surface area contributed by atoms with Gasteiger partial charge in [0.25, 0.3) is 5.92 Å². The van der Waals surface area contributed by atoms with Crippen LogP contribution in [-0.4, -0.2) is 28.6 Å². The van der Waals surface area contributed by atoms with Crippen molar-refractivity contribution in [2.75, 3.05) is 13.1 Å². The average molecular weight is 203 g/mol. The second kappa shape index (κ2) is 4.50. The molecule has 0 unspecified atom stereocenters. The largest absolute Gasteiger partial charge is 0.329 e. The standard InChI is InChI=1S/C9H15F2N3/c1-3-12-6-9(10,11)7-14-5-4-13-8(14)2/h4-5,12H,3,6-7H2,1-2H3. The van der Waals surface area contributed by atoms with Crippen LogP contribution in [0.3, 0.4) is 0 Å². The maximum absolute atomic E-state index is 13.2. The Labute approximate surface area is 82.1 Å². The summed E-state index contributed by atoms with van der Waals surface area (Å²) in [5.41, 5.74) is 0. The van der Waals surface area contributed by atoms with Gasteiger partial charge >= 0.3 is 0 Å². The molecule has 0 saturated heterocycles. The molecule has 0 aromatic carbocycles. The Balaban J connectivity index is 2.54. The molecule has 0 aliphatic heterocycles. The summed E-state index contributed by atoms with van der Waals surface area (Å²) in [6, 6.07) is 0. The van der Waals surface area contributed by atoms with Gasteiger partial charge in [-0.25, -0.2) is 13.8 Å². The molecular formula is C9H15F2N3. The molecule has 1 rings (SSSR count). The van der Waals surface area contributed by atoms with Crippen LogP contribution in [0, 0.1) is 6.92 Å². The molecule has 14 heavy (non-hydrogen) atoms. The maximum Gasteiger partial charge on any atom is 0.277 e. The molecule has 80 valence electrons. The lowest BCUT2D eigenvalue weighted by molar-refractivity contribution is -0.0149. The normalized spacial score (nSPS) is 12.0. The van der Waals surface area contributed by atoms with Crippen molar-refractivity contribution < 1.29 is 8.78 Å². The molecule has 0 amide bonds. The van der Waals surface area contributed by atoms with Crippen molar-refractivity contribution in [3.05, 3.63) is 18.2 Å². The minimum Gasteiger partial charge on any atom is -0.329 e. The molecule has 1 aromatic heterocycles. The summed E-state index contributed by atoms with van der Waals surface area (Å²) < 4.78 is 27.9. The van der Waals surface area contributed by atoms with Crippen molar-refractivity contribution in [2.24, 2.45) is 0 Å². The fraction of sp³-hybridized carbons (Fsp3) is 0.667. The lowest BCUT2D eigenvalue weighted by atomic mass is 10.3. The molecule has 3 nitrogen and oxygen atoms in total. The predicted octanol–water partition coefficient (Wildman–Crippen LogP) is 1.44. The molecule has 0 bridgehead atoms. The van der Waals surface area contributed by atoms with Crippen molar-refractivity contribution in [2.45, 2.75) is 26.3 Å². The summed E-state index contributed by atoms with van der Waals surface area (Å²) in [5.74, 6) is -2.11. The molecule has 0 fully saturated rings. The minimum atomic E-state index is -2.72. The van der Waals surface area contributed by atoms with Gasteiger partial charge in [0.05, 0.1) is 13.1 Å². The first-order chi connectivity index (χ1) is 6.55. The quantitative estimate of drug-likeness (QED) is 0.784. The number of aryl methyl sites for hydroxylation is 1. The Kier molecular flexibility index (Phi) is 3.57. The van der Waals surface area contributed by atoms with Gasteiger partial charge < -0.3 is 9.88 Å². The highest BCUT2D eigenvalue weighted by molar-refractivity contribution is 4.90. The Bertz CT molecular complexity index is 283. The fourth-order valence-electron chi connectivity index (χ4n) is 1.18. The SMILES string of the molecule is CCNCC(F)(F)Cn1ccnc1C. The molecule has 0 saturated carbocycles. The summed E-state index contributed by atoms with van der Waals surface area (Å²) in [4.78, 5) is 3.89. The Morgan fingerprint density at radius 1 is 1.57 bits per heavy atom. The van der Waals surface area contributed by atoms with Crippen LogP contribution in [-0.2, 0) is 6.54 Å². The number of halogens is 2. The second-order valence-corrected chi connectivity index (χ2v) is 3.24. The number of alkyl halides is 2. The van der Waals surface area contributed by atoms with E-state index in [1.807, 2.05) is 0 Å². The van der Waals surface area contributed by atoms with E-state index in [4.69, 9.17) is 0 Å². The monoisotopic (exact) mass is 203 g/mol. The van der Waals surface area contributed by atoms with Gasteiger partial charge in [0.15, 0.2) is 0 Å². The third-order valence-corrected chi connectivity index (χ3v) is 1.96. The van der Waals surface area contributed by atoms with Gasteiger partial charge in [0, 0.05) is 12.4 Å². The van der Waals surface area contributed by atoms with Crippen LogP contribution >= 0.6 is 0 Å². The summed E-state index contributed by atoms with van der Waals surface area (Å²) in [7, 11) is 0. The molecule has 0 atom stereocenters. The van der Waals surface area contributed by atoms with Gasteiger partial charge in [-0.15, -0.1) is 0 Å². The van der Waals surface area contributed by atoms with E-state index in [1.165, 1.54) is 10.8 Å².